The molecule has 1 aromatic carbocycles. The Balaban J connectivity index is 2.09. The summed E-state index contributed by atoms with van der Waals surface area (Å²) in [6.45, 7) is 0. The van der Waals surface area contributed by atoms with Crippen molar-refractivity contribution in [1.82, 2.24) is 0 Å². The van der Waals surface area contributed by atoms with Gasteiger partial charge < -0.3 is 10.2 Å². The van der Waals surface area contributed by atoms with Crippen LogP contribution >= 0.6 is 11.8 Å². The standard InChI is InChI=1S/C12H14O2S/c13-10-7-4-8-11(12(10)14)15-9-5-2-1-3-6-9/h1-3,5-6,8,10,12-14H,4,7H2/t10-,12+/m0/s1. The second-order valence-corrected chi connectivity index (χ2v) is 4.76. The average Bonchev–Trinajstić information content (AvgIpc) is 2.26. The van der Waals surface area contributed by atoms with Gasteiger partial charge in [-0.05, 0) is 25.0 Å². The molecule has 2 nitrogen and oxygen atoms in total. The van der Waals surface area contributed by atoms with E-state index in [0.29, 0.717) is 6.42 Å². The summed E-state index contributed by atoms with van der Waals surface area (Å²) in [5.74, 6) is 0. The summed E-state index contributed by atoms with van der Waals surface area (Å²) in [5.41, 5.74) is 0. The molecule has 1 aliphatic carbocycles. The minimum atomic E-state index is -0.719. The third kappa shape index (κ3) is 2.62. The molecule has 0 saturated carbocycles. The van der Waals surface area contributed by atoms with Crippen LogP contribution in [0.15, 0.2) is 46.2 Å². The van der Waals surface area contributed by atoms with Gasteiger partial charge in [-0.15, -0.1) is 0 Å². The number of aliphatic hydroxyl groups is 2. The fraction of sp³-hybridized carbons (Fsp3) is 0.333. The fourth-order valence-electron chi connectivity index (χ4n) is 1.59. The van der Waals surface area contributed by atoms with E-state index < -0.39 is 12.2 Å². The molecule has 2 rings (SSSR count). The number of hydrogen-bond acceptors (Lipinski definition) is 3. The third-order valence-electron chi connectivity index (χ3n) is 2.44. The van der Waals surface area contributed by atoms with Crippen molar-refractivity contribution in [2.24, 2.45) is 0 Å². The highest BCUT2D eigenvalue weighted by molar-refractivity contribution is 8.03. The van der Waals surface area contributed by atoms with Crippen LogP contribution in [-0.4, -0.2) is 22.4 Å². The highest BCUT2D eigenvalue weighted by Crippen LogP contribution is 2.33. The van der Waals surface area contributed by atoms with Gasteiger partial charge in [0.1, 0.15) is 6.10 Å². The Morgan fingerprint density at radius 2 is 1.87 bits per heavy atom. The van der Waals surface area contributed by atoms with E-state index in [0.717, 1.165) is 16.2 Å². The van der Waals surface area contributed by atoms with Gasteiger partial charge in [0.2, 0.25) is 0 Å². The maximum atomic E-state index is 9.76. The van der Waals surface area contributed by atoms with Gasteiger partial charge in [-0.1, -0.05) is 36.0 Å². The lowest BCUT2D eigenvalue weighted by molar-refractivity contribution is 0.0365. The number of benzene rings is 1. The van der Waals surface area contributed by atoms with E-state index in [1.807, 2.05) is 36.4 Å². The summed E-state index contributed by atoms with van der Waals surface area (Å²) in [7, 11) is 0. The number of aliphatic hydroxyl groups excluding tert-OH is 2. The lowest BCUT2D eigenvalue weighted by Crippen LogP contribution is -2.29. The first kappa shape index (κ1) is 10.7. The first-order valence-corrected chi connectivity index (χ1v) is 5.88. The molecule has 0 spiro atoms. The van der Waals surface area contributed by atoms with E-state index in [2.05, 4.69) is 0 Å². The van der Waals surface area contributed by atoms with Crippen LogP contribution < -0.4 is 0 Å². The van der Waals surface area contributed by atoms with Crippen molar-refractivity contribution < 1.29 is 10.2 Å². The molecule has 0 amide bonds. The molecule has 0 fully saturated rings. The van der Waals surface area contributed by atoms with E-state index in [-0.39, 0.29) is 0 Å². The molecule has 0 aliphatic heterocycles. The summed E-state index contributed by atoms with van der Waals surface area (Å²) < 4.78 is 0. The lowest BCUT2D eigenvalue weighted by Gasteiger charge is -2.24. The fourth-order valence-corrected chi connectivity index (χ4v) is 2.64. The molecule has 1 aliphatic rings. The van der Waals surface area contributed by atoms with Crippen molar-refractivity contribution in [2.45, 2.75) is 29.9 Å². The molecule has 0 saturated heterocycles. The minimum absolute atomic E-state index is 0.610. The summed E-state index contributed by atoms with van der Waals surface area (Å²) in [5, 5.41) is 19.3. The van der Waals surface area contributed by atoms with Crippen molar-refractivity contribution in [3.05, 3.63) is 41.3 Å². The third-order valence-corrected chi connectivity index (χ3v) is 3.59. The summed E-state index contributed by atoms with van der Waals surface area (Å²) >= 11 is 1.53. The lowest BCUT2D eigenvalue weighted by atomic mass is 10.0. The van der Waals surface area contributed by atoms with Crippen LogP contribution in [0.1, 0.15) is 12.8 Å². The maximum absolute atomic E-state index is 9.76. The Hall–Kier alpha value is -0.770. The molecule has 3 heteroatoms. The van der Waals surface area contributed by atoms with Crippen LogP contribution in [0.2, 0.25) is 0 Å². The molecular formula is C12H14O2S. The van der Waals surface area contributed by atoms with Crippen molar-refractivity contribution in [3.63, 3.8) is 0 Å². The normalized spacial score (nSPS) is 26.1. The highest BCUT2D eigenvalue weighted by Gasteiger charge is 2.24. The molecule has 1 aromatic rings. The quantitative estimate of drug-likeness (QED) is 0.805. The second-order valence-electron chi connectivity index (χ2n) is 3.61. The molecule has 0 bridgehead atoms. The zero-order valence-corrected chi connectivity index (χ0v) is 9.15. The van der Waals surface area contributed by atoms with E-state index in [4.69, 9.17) is 0 Å². The van der Waals surface area contributed by atoms with Crippen molar-refractivity contribution in [1.29, 1.82) is 0 Å². The van der Waals surface area contributed by atoms with Gasteiger partial charge in [0.25, 0.3) is 0 Å². The Bertz CT molecular complexity index is 348. The zero-order chi connectivity index (χ0) is 10.7. The second kappa shape index (κ2) is 4.84. The topological polar surface area (TPSA) is 40.5 Å². The molecular weight excluding hydrogens is 208 g/mol. The van der Waals surface area contributed by atoms with Gasteiger partial charge in [-0.25, -0.2) is 0 Å². The monoisotopic (exact) mass is 222 g/mol. The highest BCUT2D eigenvalue weighted by atomic mass is 32.2. The smallest absolute Gasteiger partial charge is 0.111 e. The van der Waals surface area contributed by atoms with Crippen LogP contribution in [0.25, 0.3) is 0 Å². The molecule has 80 valence electrons. The van der Waals surface area contributed by atoms with Crippen LogP contribution in [0.5, 0.6) is 0 Å². The first-order valence-electron chi connectivity index (χ1n) is 5.06. The van der Waals surface area contributed by atoms with Gasteiger partial charge in [-0.3, -0.25) is 0 Å². The van der Waals surface area contributed by atoms with Crippen LogP contribution in [0.3, 0.4) is 0 Å². The van der Waals surface area contributed by atoms with Crippen LogP contribution in [0, 0.1) is 0 Å². The van der Waals surface area contributed by atoms with Gasteiger partial charge in [0, 0.05) is 9.80 Å². The van der Waals surface area contributed by atoms with Gasteiger partial charge in [-0.2, -0.15) is 0 Å². The summed E-state index contributed by atoms with van der Waals surface area (Å²) in [6, 6.07) is 9.89. The number of hydrogen-bond donors (Lipinski definition) is 2. The Kier molecular flexibility index (Phi) is 3.46. The summed E-state index contributed by atoms with van der Waals surface area (Å²) in [4.78, 5) is 1.96. The minimum Gasteiger partial charge on any atom is -0.390 e. The largest absolute Gasteiger partial charge is 0.390 e. The molecule has 0 aromatic heterocycles. The van der Waals surface area contributed by atoms with Gasteiger partial charge >= 0.3 is 0 Å². The van der Waals surface area contributed by atoms with E-state index in [1.165, 1.54) is 11.8 Å². The Morgan fingerprint density at radius 1 is 1.13 bits per heavy atom. The predicted octanol–water partition coefficient (Wildman–Crippen LogP) is 2.18. The molecule has 0 radical (unpaired) electrons. The van der Waals surface area contributed by atoms with E-state index >= 15 is 0 Å². The van der Waals surface area contributed by atoms with Crippen molar-refractivity contribution in [3.8, 4) is 0 Å². The first-order chi connectivity index (χ1) is 7.27. The number of thioether (sulfide) groups is 1. The molecule has 2 N–H and O–H groups in total. The average molecular weight is 222 g/mol. The molecule has 0 unspecified atom stereocenters. The van der Waals surface area contributed by atoms with Crippen LogP contribution in [0.4, 0.5) is 0 Å². The molecule has 0 heterocycles. The maximum Gasteiger partial charge on any atom is 0.111 e. The predicted molar refractivity (Wildman–Crippen MR) is 61.6 cm³/mol. The van der Waals surface area contributed by atoms with Crippen LogP contribution in [-0.2, 0) is 0 Å². The molecule has 2 atom stereocenters. The van der Waals surface area contributed by atoms with Gasteiger partial charge in [0.15, 0.2) is 0 Å². The van der Waals surface area contributed by atoms with E-state index in [1.54, 1.807) is 0 Å². The number of allylic oxidation sites excluding steroid dienone is 1. The number of rotatable bonds is 2. The molecule has 15 heavy (non-hydrogen) atoms. The summed E-state index contributed by atoms with van der Waals surface area (Å²) in [6.07, 6.45) is 2.17. The Labute approximate surface area is 93.6 Å². The van der Waals surface area contributed by atoms with Gasteiger partial charge in [0.05, 0.1) is 6.10 Å². The SMILES string of the molecule is O[C@H]1CCC=C(Sc2ccccc2)[C@@H]1O. The van der Waals surface area contributed by atoms with E-state index in [9.17, 15) is 10.2 Å². The Morgan fingerprint density at radius 3 is 2.60 bits per heavy atom. The zero-order valence-electron chi connectivity index (χ0n) is 8.34. The van der Waals surface area contributed by atoms with Crippen molar-refractivity contribution >= 4 is 11.8 Å². The van der Waals surface area contributed by atoms with Crippen molar-refractivity contribution in [2.75, 3.05) is 0 Å².